The van der Waals surface area contributed by atoms with Crippen LogP contribution in [0.15, 0.2) is 24.3 Å². The first kappa shape index (κ1) is 29.1. The monoisotopic (exact) mass is 559 g/mol. The van der Waals surface area contributed by atoms with Gasteiger partial charge in [0.1, 0.15) is 33.4 Å². The van der Waals surface area contributed by atoms with Crippen LogP contribution in [0, 0.1) is 12.8 Å². The Kier molecular flexibility index (Phi) is 8.52. The molecule has 4 rings (SSSR count). The number of para-hydroxylation sites is 1. The van der Waals surface area contributed by atoms with Crippen molar-refractivity contribution in [2.45, 2.75) is 44.9 Å². The van der Waals surface area contributed by atoms with Gasteiger partial charge in [0.2, 0.25) is 5.91 Å². The number of methoxy groups -OCH3 is 1. The third-order valence-electron chi connectivity index (χ3n) is 5.84. The van der Waals surface area contributed by atoms with Crippen molar-refractivity contribution in [3.63, 3.8) is 0 Å². The second-order valence-electron chi connectivity index (χ2n) is 11.0. The van der Waals surface area contributed by atoms with Gasteiger partial charge in [0.25, 0.3) is 11.8 Å². The normalized spacial score (nSPS) is 13.0. The number of carbonyl (C=O) groups is 3. The fourth-order valence-corrected chi connectivity index (χ4v) is 4.90. The second-order valence-corrected chi connectivity index (χ2v) is 12.0. The van der Waals surface area contributed by atoms with Gasteiger partial charge in [-0.15, -0.1) is 21.5 Å². The molecule has 40 heavy (non-hydrogen) atoms. The van der Waals surface area contributed by atoms with E-state index in [1.165, 1.54) is 18.4 Å². The molecule has 0 spiro atoms. The molecule has 1 aliphatic carbocycles. The molecule has 2 heterocycles. The molecule has 1 aromatic carbocycles. The maximum atomic E-state index is 13.1. The SMILES string of the molecule is BC(B)(B)NC(=O)c1nnc(NC(=O)C2CC2)cc1Nc1cccc(-c2nc(C)c(C(=O)NC(C)C)s2)c1OC. The highest BCUT2D eigenvalue weighted by Crippen LogP contribution is 2.40. The topological polar surface area (TPSA) is 147 Å². The van der Waals surface area contributed by atoms with E-state index in [2.05, 4.69) is 36.4 Å². The fraction of sp³-hybridized carbons (Fsp3) is 0.360. The Morgan fingerprint density at radius 2 is 1.82 bits per heavy atom. The van der Waals surface area contributed by atoms with E-state index in [1.807, 2.05) is 49.5 Å². The van der Waals surface area contributed by atoms with Crippen molar-refractivity contribution in [3.05, 3.63) is 40.5 Å². The van der Waals surface area contributed by atoms with Crippen molar-refractivity contribution in [1.29, 1.82) is 0 Å². The summed E-state index contributed by atoms with van der Waals surface area (Å²) in [6.45, 7) is 5.60. The highest BCUT2D eigenvalue weighted by Gasteiger charge is 2.30. The van der Waals surface area contributed by atoms with Gasteiger partial charge in [-0.2, -0.15) is 0 Å². The Labute approximate surface area is 239 Å². The first-order chi connectivity index (χ1) is 18.9. The number of benzene rings is 1. The van der Waals surface area contributed by atoms with Crippen molar-refractivity contribution < 1.29 is 19.1 Å². The molecular weight excluding hydrogens is 527 g/mol. The third-order valence-corrected chi connectivity index (χ3v) is 7.03. The molecule has 0 saturated heterocycles. The largest absolute Gasteiger partial charge is 0.494 e. The van der Waals surface area contributed by atoms with Crippen LogP contribution in [0.25, 0.3) is 10.6 Å². The minimum Gasteiger partial charge on any atom is -0.494 e. The molecule has 0 unspecified atom stereocenters. The number of aromatic nitrogens is 3. The minimum absolute atomic E-state index is 0.00267. The van der Waals surface area contributed by atoms with Crippen LogP contribution >= 0.6 is 11.3 Å². The predicted octanol–water partition coefficient (Wildman–Crippen LogP) is 0.388. The molecule has 1 aliphatic rings. The minimum atomic E-state index is -0.505. The van der Waals surface area contributed by atoms with Gasteiger partial charge in [-0.1, -0.05) is 6.07 Å². The highest BCUT2D eigenvalue weighted by atomic mass is 32.1. The molecule has 206 valence electrons. The van der Waals surface area contributed by atoms with Gasteiger partial charge in [0, 0.05) is 18.0 Å². The third kappa shape index (κ3) is 7.01. The average Bonchev–Trinajstić information content (AvgIpc) is 3.64. The molecule has 15 heteroatoms. The van der Waals surface area contributed by atoms with Crippen LogP contribution in [0.1, 0.15) is 52.5 Å². The molecule has 0 aliphatic heterocycles. The van der Waals surface area contributed by atoms with Gasteiger partial charge >= 0.3 is 0 Å². The van der Waals surface area contributed by atoms with Crippen LogP contribution in [0.3, 0.4) is 0 Å². The predicted molar refractivity (Wildman–Crippen MR) is 164 cm³/mol. The second kappa shape index (κ2) is 11.7. The van der Waals surface area contributed by atoms with E-state index in [0.29, 0.717) is 38.3 Å². The number of carbonyl (C=O) groups excluding carboxylic acids is 3. The maximum absolute atomic E-state index is 13.1. The summed E-state index contributed by atoms with van der Waals surface area (Å²) in [5, 5.41) is 20.2. The Hall–Kier alpha value is -3.87. The number of hydrogen-bond donors (Lipinski definition) is 4. The molecule has 11 nitrogen and oxygen atoms in total. The lowest BCUT2D eigenvalue weighted by Gasteiger charge is -2.22. The molecular formula is C25H32B3N7O4S. The number of nitrogens with zero attached hydrogens (tertiary/aromatic N) is 3. The van der Waals surface area contributed by atoms with E-state index in [9.17, 15) is 14.4 Å². The number of ether oxygens (including phenoxy) is 1. The van der Waals surface area contributed by atoms with Gasteiger partial charge in [0.15, 0.2) is 17.3 Å². The van der Waals surface area contributed by atoms with Gasteiger partial charge in [-0.05, 0) is 51.0 Å². The number of anilines is 3. The first-order valence-corrected chi connectivity index (χ1v) is 13.9. The number of aryl methyl sites for hydroxylation is 1. The van der Waals surface area contributed by atoms with Crippen LogP contribution in [0.4, 0.5) is 17.2 Å². The average molecular weight is 559 g/mol. The summed E-state index contributed by atoms with van der Waals surface area (Å²) in [5.74, 6) is -0.0410. The molecule has 1 fully saturated rings. The van der Waals surface area contributed by atoms with Crippen molar-refractivity contribution in [3.8, 4) is 16.3 Å². The lowest BCUT2D eigenvalue weighted by Crippen LogP contribution is -2.50. The summed E-state index contributed by atoms with van der Waals surface area (Å²) < 4.78 is 5.79. The standard InChI is InChI=1S/C25H32B3N7O4S/c1-11(2)29-23(38)20-12(3)30-24(40-20)14-6-5-7-15(19(14)39-4)31-16-10-17(32-21(36)13-8-9-13)34-35-18(16)22(37)33-25(26,27)28/h5-7,10-11,13H,8-9,26-28H2,1-4H3,(H,29,38)(H,33,37)(H2,31,32,34,36). The molecule has 0 radical (unpaired) electrons. The molecule has 1 saturated carbocycles. The molecule has 0 atom stereocenters. The molecule has 0 bridgehead atoms. The quantitative estimate of drug-likeness (QED) is 0.261. The zero-order valence-corrected chi connectivity index (χ0v) is 24.6. The van der Waals surface area contributed by atoms with Gasteiger partial charge < -0.3 is 26.0 Å². The summed E-state index contributed by atoms with van der Waals surface area (Å²) in [7, 11) is 7.14. The number of thiazole rings is 1. The van der Waals surface area contributed by atoms with Crippen molar-refractivity contribution in [2.24, 2.45) is 5.92 Å². The summed E-state index contributed by atoms with van der Waals surface area (Å²) in [6, 6.07) is 7.05. The lowest BCUT2D eigenvalue weighted by atomic mass is 9.49. The van der Waals surface area contributed by atoms with Gasteiger partial charge in [-0.3, -0.25) is 14.4 Å². The molecule has 2 aromatic heterocycles. The summed E-state index contributed by atoms with van der Waals surface area (Å²) in [6.07, 6.45) is 1.69. The van der Waals surface area contributed by atoms with Crippen LogP contribution in [0.2, 0.25) is 0 Å². The Bertz CT molecular complexity index is 1450. The Balaban J connectivity index is 1.72. The zero-order valence-electron chi connectivity index (χ0n) is 23.8. The first-order valence-electron chi connectivity index (χ1n) is 13.1. The number of amides is 3. The number of nitrogens with one attached hydrogen (secondary N) is 4. The zero-order chi connectivity index (χ0) is 29.2. The van der Waals surface area contributed by atoms with E-state index >= 15 is 0 Å². The lowest BCUT2D eigenvalue weighted by molar-refractivity contribution is -0.117. The van der Waals surface area contributed by atoms with Crippen LogP contribution in [-0.4, -0.2) is 74.8 Å². The van der Waals surface area contributed by atoms with Crippen molar-refractivity contribution in [2.75, 3.05) is 17.7 Å². The molecule has 4 N–H and O–H groups in total. The van der Waals surface area contributed by atoms with Crippen LogP contribution in [0.5, 0.6) is 5.75 Å². The van der Waals surface area contributed by atoms with Crippen LogP contribution < -0.4 is 26.0 Å². The maximum Gasteiger partial charge on any atom is 0.272 e. The van der Waals surface area contributed by atoms with Gasteiger partial charge in [0.05, 0.1) is 29.7 Å². The van der Waals surface area contributed by atoms with E-state index in [1.54, 1.807) is 19.1 Å². The highest BCUT2D eigenvalue weighted by molar-refractivity contribution is 7.17. The van der Waals surface area contributed by atoms with E-state index in [0.717, 1.165) is 12.8 Å². The Morgan fingerprint density at radius 3 is 2.45 bits per heavy atom. The summed E-state index contributed by atoms with van der Waals surface area (Å²) >= 11 is 1.27. The van der Waals surface area contributed by atoms with E-state index in [-0.39, 0.29) is 35.3 Å². The number of hydrogen-bond acceptors (Lipinski definition) is 9. The summed E-state index contributed by atoms with van der Waals surface area (Å²) in [5.41, 5.74) is 2.23. The Morgan fingerprint density at radius 1 is 1.10 bits per heavy atom. The summed E-state index contributed by atoms with van der Waals surface area (Å²) in [4.78, 5) is 43.3. The van der Waals surface area contributed by atoms with Crippen molar-refractivity contribution in [1.82, 2.24) is 25.8 Å². The molecule has 3 aromatic rings. The van der Waals surface area contributed by atoms with Gasteiger partial charge in [-0.25, -0.2) is 4.98 Å². The fourth-order valence-electron chi connectivity index (χ4n) is 3.91. The smallest absolute Gasteiger partial charge is 0.272 e. The number of rotatable bonds is 10. The van der Waals surface area contributed by atoms with E-state index < -0.39 is 11.1 Å². The van der Waals surface area contributed by atoms with E-state index in [4.69, 9.17) is 4.74 Å². The molecule has 3 amide bonds. The van der Waals surface area contributed by atoms with Crippen LogP contribution in [-0.2, 0) is 4.79 Å². The van der Waals surface area contributed by atoms with Crippen molar-refractivity contribution >= 4 is 69.8 Å².